The van der Waals surface area contributed by atoms with Crippen LogP contribution in [-0.2, 0) is 12.8 Å². The van der Waals surface area contributed by atoms with Crippen LogP contribution in [0.15, 0.2) is 47.1 Å². The third-order valence-electron chi connectivity index (χ3n) is 4.18. The smallest absolute Gasteiger partial charge is 0.245 e. The van der Waals surface area contributed by atoms with Gasteiger partial charge >= 0.3 is 0 Å². The monoisotopic (exact) mass is 291 g/mol. The van der Waals surface area contributed by atoms with Crippen molar-refractivity contribution in [1.29, 1.82) is 0 Å². The van der Waals surface area contributed by atoms with Gasteiger partial charge in [-0.3, -0.25) is 9.97 Å². The molecular formula is C18H17N3O. The first-order chi connectivity index (χ1) is 10.8. The molecule has 1 aliphatic rings. The van der Waals surface area contributed by atoms with E-state index in [4.69, 9.17) is 4.42 Å². The minimum absolute atomic E-state index is 0.425. The predicted molar refractivity (Wildman–Crippen MR) is 83.5 cm³/mol. The van der Waals surface area contributed by atoms with Crippen molar-refractivity contribution in [1.82, 2.24) is 15.0 Å². The largest absolute Gasteiger partial charge is 0.440 e. The number of aryl methyl sites for hydroxylation is 2. The minimum atomic E-state index is 0.425. The van der Waals surface area contributed by atoms with E-state index in [2.05, 4.69) is 27.9 Å². The summed E-state index contributed by atoms with van der Waals surface area (Å²) in [7, 11) is 0. The Kier molecular flexibility index (Phi) is 3.22. The molecule has 3 heterocycles. The summed E-state index contributed by atoms with van der Waals surface area (Å²) in [6, 6.07) is 9.98. The Morgan fingerprint density at radius 2 is 2.09 bits per heavy atom. The molecule has 110 valence electrons. The molecule has 3 aromatic heterocycles. The molecule has 4 heteroatoms. The quantitative estimate of drug-likeness (QED) is 0.722. The average molecular weight is 291 g/mol. The van der Waals surface area contributed by atoms with Gasteiger partial charge in [-0.25, -0.2) is 4.98 Å². The summed E-state index contributed by atoms with van der Waals surface area (Å²) in [5.41, 5.74) is 4.26. The van der Waals surface area contributed by atoms with Crippen LogP contribution in [0.5, 0.6) is 0 Å². The van der Waals surface area contributed by atoms with E-state index in [1.807, 2.05) is 30.5 Å². The van der Waals surface area contributed by atoms with E-state index in [0.717, 1.165) is 42.1 Å². The summed E-state index contributed by atoms with van der Waals surface area (Å²) in [4.78, 5) is 13.5. The molecule has 1 atom stereocenters. The number of hydrogen-bond acceptors (Lipinski definition) is 4. The maximum atomic E-state index is 5.91. The highest BCUT2D eigenvalue weighted by atomic mass is 16.4. The van der Waals surface area contributed by atoms with E-state index in [1.54, 1.807) is 6.20 Å². The molecule has 0 bridgehead atoms. The van der Waals surface area contributed by atoms with Crippen LogP contribution in [0.4, 0.5) is 0 Å². The van der Waals surface area contributed by atoms with Gasteiger partial charge in [-0.1, -0.05) is 6.07 Å². The molecule has 0 radical (unpaired) electrons. The highest BCUT2D eigenvalue weighted by Crippen LogP contribution is 2.33. The first kappa shape index (κ1) is 13.2. The zero-order valence-corrected chi connectivity index (χ0v) is 12.5. The van der Waals surface area contributed by atoms with Crippen molar-refractivity contribution in [3.05, 3.63) is 65.4 Å². The van der Waals surface area contributed by atoms with Gasteiger partial charge in [0.1, 0.15) is 11.5 Å². The molecule has 1 aliphatic carbocycles. The highest BCUT2D eigenvalue weighted by Gasteiger charge is 2.26. The maximum absolute atomic E-state index is 5.91. The van der Waals surface area contributed by atoms with Gasteiger partial charge in [0.25, 0.3) is 0 Å². The molecule has 0 amide bonds. The van der Waals surface area contributed by atoms with E-state index >= 15 is 0 Å². The van der Waals surface area contributed by atoms with Gasteiger partial charge in [0, 0.05) is 36.8 Å². The molecule has 0 N–H and O–H groups in total. The van der Waals surface area contributed by atoms with Crippen molar-refractivity contribution in [2.75, 3.05) is 0 Å². The number of aromatic nitrogens is 3. The van der Waals surface area contributed by atoms with Gasteiger partial charge in [-0.05, 0) is 43.2 Å². The Bertz CT molecular complexity index is 795. The number of pyridine rings is 2. The molecule has 0 saturated carbocycles. The third-order valence-corrected chi connectivity index (χ3v) is 4.18. The Morgan fingerprint density at radius 1 is 1.14 bits per heavy atom. The van der Waals surface area contributed by atoms with Gasteiger partial charge in [0.15, 0.2) is 0 Å². The lowest BCUT2D eigenvalue weighted by molar-refractivity contribution is 0.460. The van der Waals surface area contributed by atoms with Crippen molar-refractivity contribution in [3.63, 3.8) is 0 Å². The normalized spacial score (nSPS) is 17.2. The number of nitrogens with zero attached hydrogens (tertiary/aromatic N) is 3. The summed E-state index contributed by atoms with van der Waals surface area (Å²) < 4.78 is 5.91. The lowest BCUT2D eigenvalue weighted by atomic mass is 9.87. The Hall–Kier alpha value is -2.49. The second kappa shape index (κ2) is 5.37. The van der Waals surface area contributed by atoms with E-state index in [0.29, 0.717) is 11.8 Å². The summed E-state index contributed by atoms with van der Waals surface area (Å²) >= 11 is 0. The Labute approximate surface area is 129 Å². The fraction of sp³-hybridized carbons (Fsp3) is 0.278. The standard InChI is InChI=1S/C18H17N3O/c1-12-7-9-20-15(10-12)13-5-6-17-16(11-13)21-18(22-17)14-4-2-3-8-19-14/h2-4,7-10,13H,5-6,11H2,1H3. The Morgan fingerprint density at radius 3 is 2.91 bits per heavy atom. The van der Waals surface area contributed by atoms with E-state index < -0.39 is 0 Å². The Balaban J connectivity index is 1.63. The van der Waals surface area contributed by atoms with Gasteiger partial charge in [-0.2, -0.15) is 0 Å². The van der Waals surface area contributed by atoms with Gasteiger partial charge in [0.2, 0.25) is 5.89 Å². The lowest BCUT2D eigenvalue weighted by Crippen LogP contribution is -2.13. The average Bonchev–Trinajstić information content (AvgIpc) is 2.99. The van der Waals surface area contributed by atoms with Crippen molar-refractivity contribution < 1.29 is 4.42 Å². The van der Waals surface area contributed by atoms with Crippen LogP contribution in [0.2, 0.25) is 0 Å². The van der Waals surface area contributed by atoms with E-state index in [1.165, 1.54) is 5.56 Å². The molecule has 22 heavy (non-hydrogen) atoms. The molecular weight excluding hydrogens is 274 g/mol. The number of rotatable bonds is 2. The molecule has 0 spiro atoms. The van der Waals surface area contributed by atoms with E-state index in [-0.39, 0.29) is 0 Å². The SMILES string of the molecule is Cc1ccnc(C2CCc3oc(-c4ccccn4)nc3C2)c1. The second-order valence-corrected chi connectivity index (χ2v) is 5.80. The van der Waals surface area contributed by atoms with Crippen LogP contribution in [0.3, 0.4) is 0 Å². The summed E-state index contributed by atoms with van der Waals surface area (Å²) in [5, 5.41) is 0. The number of fused-ring (bicyclic) bond motifs is 1. The van der Waals surface area contributed by atoms with E-state index in [9.17, 15) is 0 Å². The zero-order chi connectivity index (χ0) is 14.9. The van der Waals surface area contributed by atoms with Crippen molar-refractivity contribution in [3.8, 4) is 11.6 Å². The van der Waals surface area contributed by atoms with Crippen LogP contribution in [-0.4, -0.2) is 15.0 Å². The third kappa shape index (κ3) is 2.41. The van der Waals surface area contributed by atoms with Gasteiger partial charge in [-0.15, -0.1) is 0 Å². The zero-order valence-electron chi connectivity index (χ0n) is 12.5. The number of oxazole rings is 1. The van der Waals surface area contributed by atoms with Crippen LogP contribution >= 0.6 is 0 Å². The molecule has 4 nitrogen and oxygen atoms in total. The summed E-state index contributed by atoms with van der Waals surface area (Å²) in [6.45, 7) is 2.11. The first-order valence-electron chi connectivity index (χ1n) is 7.62. The lowest BCUT2D eigenvalue weighted by Gasteiger charge is -2.19. The molecule has 0 aromatic carbocycles. The second-order valence-electron chi connectivity index (χ2n) is 5.80. The summed E-state index contributed by atoms with van der Waals surface area (Å²) in [6.07, 6.45) is 6.51. The van der Waals surface area contributed by atoms with Crippen LogP contribution < -0.4 is 0 Å². The first-order valence-corrected chi connectivity index (χ1v) is 7.62. The predicted octanol–water partition coefficient (Wildman–Crippen LogP) is 3.71. The fourth-order valence-corrected chi connectivity index (χ4v) is 3.01. The number of hydrogen-bond donors (Lipinski definition) is 0. The topological polar surface area (TPSA) is 51.8 Å². The highest BCUT2D eigenvalue weighted by molar-refractivity contribution is 5.47. The molecule has 0 saturated heterocycles. The molecule has 1 unspecified atom stereocenters. The van der Waals surface area contributed by atoms with Crippen molar-refractivity contribution >= 4 is 0 Å². The van der Waals surface area contributed by atoms with Gasteiger partial charge in [0.05, 0.1) is 5.69 Å². The van der Waals surface area contributed by atoms with Crippen molar-refractivity contribution in [2.45, 2.75) is 32.1 Å². The molecule has 0 aliphatic heterocycles. The summed E-state index contributed by atoms with van der Waals surface area (Å²) in [5.74, 6) is 2.06. The maximum Gasteiger partial charge on any atom is 0.245 e. The molecule has 3 aromatic rings. The molecule has 4 rings (SSSR count). The van der Waals surface area contributed by atoms with Crippen LogP contribution in [0.1, 0.15) is 35.1 Å². The van der Waals surface area contributed by atoms with Gasteiger partial charge < -0.3 is 4.42 Å². The van der Waals surface area contributed by atoms with Crippen LogP contribution in [0, 0.1) is 6.92 Å². The van der Waals surface area contributed by atoms with Crippen molar-refractivity contribution in [2.24, 2.45) is 0 Å². The van der Waals surface area contributed by atoms with Crippen LogP contribution in [0.25, 0.3) is 11.6 Å². The molecule has 0 fully saturated rings. The minimum Gasteiger partial charge on any atom is -0.440 e. The fourth-order valence-electron chi connectivity index (χ4n) is 3.01.